The lowest BCUT2D eigenvalue weighted by atomic mass is 10.1. The van der Waals surface area contributed by atoms with Gasteiger partial charge in [0.1, 0.15) is 5.82 Å². The zero-order valence-electron chi connectivity index (χ0n) is 13.6. The smallest absolute Gasteiger partial charge is 0.224 e. The van der Waals surface area contributed by atoms with E-state index in [0.717, 1.165) is 58.2 Å². The second-order valence-electron chi connectivity index (χ2n) is 5.18. The molecule has 0 saturated carbocycles. The molecule has 0 atom stereocenters. The van der Waals surface area contributed by atoms with Crippen LogP contribution >= 0.6 is 27.5 Å². The normalized spacial score (nSPS) is 15.2. The van der Waals surface area contributed by atoms with Crippen LogP contribution in [0.15, 0.2) is 16.7 Å². The minimum atomic E-state index is 0.249. The van der Waals surface area contributed by atoms with Gasteiger partial charge < -0.3 is 9.64 Å². The Morgan fingerprint density at radius 3 is 2.92 bits per heavy atom. The molecule has 0 aliphatic carbocycles. The molecule has 0 amide bonds. The van der Waals surface area contributed by atoms with Crippen LogP contribution in [0, 0.1) is 0 Å². The molecule has 1 N–H and O–H groups in total. The van der Waals surface area contributed by atoms with E-state index in [1.54, 1.807) is 6.20 Å². The number of aromatic amines is 1. The summed E-state index contributed by atoms with van der Waals surface area (Å²) in [6.07, 6.45) is 2.76. The van der Waals surface area contributed by atoms with Gasteiger partial charge in [0, 0.05) is 29.6 Å². The molecule has 1 saturated heterocycles. The van der Waals surface area contributed by atoms with Crippen molar-refractivity contribution in [1.82, 2.24) is 20.2 Å². The quantitative estimate of drug-likeness (QED) is 0.607. The molecule has 24 heavy (non-hydrogen) atoms. The molecule has 2 aromatic heterocycles. The number of nitrogens with zero attached hydrogens (tertiary/aromatic N) is 4. The van der Waals surface area contributed by atoms with E-state index in [-0.39, 0.29) is 5.28 Å². The second-order valence-corrected chi connectivity index (χ2v) is 6.37. The van der Waals surface area contributed by atoms with Crippen LogP contribution in [0.4, 0.5) is 5.82 Å². The highest BCUT2D eigenvalue weighted by Crippen LogP contribution is 2.35. The van der Waals surface area contributed by atoms with Crippen molar-refractivity contribution in [3.8, 4) is 0 Å². The van der Waals surface area contributed by atoms with Crippen molar-refractivity contribution in [1.29, 1.82) is 0 Å². The molecule has 0 unspecified atom stereocenters. The summed E-state index contributed by atoms with van der Waals surface area (Å²) in [6, 6.07) is 1.96. The standard InChI is InChI=1S/C14H13BrClN5O.C2H6/c15-9-6-10-11(12-8(9)7-17-20-12)13(19-14(16)18-10)21-2-1-4-22-5-3-21;1-2/h6-7H,1-5H2,(H,17,20);1-2H3. The molecule has 0 bridgehead atoms. The molecule has 3 aromatic rings. The SMILES string of the molecule is CC.Clc1nc(N2CCCOCC2)c2c(cc(Br)c3cn[nH]c32)n1. The molecule has 8 heteroatoms. The molecule has 0 radical (unpaired) electrons. The second kappa shape index (κ2) is 7.63. The van der Waals surface area contributed by atoms with Crippen molar-refractivity contribution in [3.05, 3.63) is 22.0 Å². The lowest BCUT2D eigenvalue weighted by Gasteiger charge is -2.22. The number of rotatable bonds is 1. The Balaban J connectivity index is 0.000000815. The number of ether oxygens (including phenoxy) is 1. The number of hydrogen-bond donors (Lipinski definition) is 1. The van der Waals surface area contributed by atoms with E-state index in [2.05, 4.69) is 41.0 Å². The van der Waals surface area contributed by atoms with Gasteiger partial charge in [0.05, 0.1) is 29.2 Å². The fourth-order valence-corrected chi connectivity index (χ4v) is 3.51. The van der Waals surface area contributed by atoms with Gasteiger partial charge in [-0.3, -0.25) is 5.10 Å². The van der Waals surface area contributed by atoms with Gasteiger partial charge in [-0.1, -0.05) is 13.8 Å². The van der Waals surface area contributed by atoms with E-state index in [0.29, 0.717) is 6.61 Å². The first-order valence-corrected chi connectivity index (χ1v) is 9.22. The lowest BCUT2D eigenvalue weighted by molar-refractivity contribution is 0.152. The Morgan fingerprint density at radius 2 is 2.08 bits per heavy atom. The van der Waals surface area contributed by atoms with Crippen LogP contribution in [0.1, 0.15) is 20.3 Å². The number of hydrogen-bond acceptors (Lipinski definition) is 5. The van der Waals surface area contributed by atoms with Crippen LogP contribution in [0.5, 0.6) is 0 Å². The summed E-state index contributed by atoms with van der Waals surface area (Å²) in [5.41, 5.74) is 1.71. The number of benzene rings is 1. The van der Waals surface area contributed by atoms with E-state index in [1.165, 1.54) is 0 Å². The Labute approximate surface area is 153 Å². The first kappa shape index (κ1) is 17.4. The number of halogens is 2. The predicted molar refractivity (Wildman–Crippen MR) is 101 cm³/mol. The number of anilines is 1. The first-order valence-electron chi connectivity index (χ1n) is 8.05. The molecule has 6 nitrogen and oxygen atoms in total. The Morgan fingerprint density at radius 1 is 1.25 bits per heavy atom. The van der Waals surface area contributed by atoms with Crippen molar-refractivity contribution in [2.75, 3.05) is 31.2 Å². The summed E-state index contributed by atoms with van der Waals surface area (Å²) in [5.74, 6) is 0.835. The van der Waals surface area contributed by atoms with Gasteiger partial charge in [-0.05, 0) is 40.0 Å². The molecule has 128 valence electrons. The molecular formula is C16H19BrClN5O. The fourth-order valence-electron chi connectivity index (χ4n) is 2.82. The van der Waals surface area contributed by atoms with E-state index < -0.39 is 0 Å². The van der Waals surface area contributed by atoms with Crippen molar-refractivity contribution in [2.24, 2.45) is 0 Å². The third kappa shape index (κ3) is 3.20. The Bertz CT molecular complexity index is 845. The van der Waals surface area contributed by atoms with Gasteiger partial charge in [0.25, 0.3) is 0 Å². The Hall–Kier alpha value is -1.44. The van der Waals surface area contributed by atoms with Crippen LogP contribution in [0.25, 0.3) is 21.8 Å². The molecular weight excluding hydrogens is 394 g/mol. The van der Waals surface area contributed by atoms with Gasteiger partial charge in [-0.2, -0.15) is 10.1 Å². The molecule has 1 aromatic carbocycles. The van der Waals surface area contributed by atoms with Gasteiger partial charge in [-0.25, -0.2) is 4.98 Å². The maximum atomic E-state index is 6.14. The molecule has 1 fully saturated rings. The highest BCUT2D eigenvalue weighted by molar-refractivity contribution is 9.10. The topological polar surface area (TPSA) is 66.9 Å². The largest absolute Gasteiger partial charge is 0.380 e. The van der Waals surface area contributed by atoms with Crippen LogP contribution in [0.3, 0.4) is 0 Å². The molecule has 1 aliphatic heterocycles. The van der Waals surface area contributed by atoms with Crippen LogP contribution in [-0.4, -0.2) is 46.5 Å². The van der Waals surface area contributed by atoms with Crippen LogP contribution in [-0.2, 0) is 4.74 Å². The minimum absolute atomic E-state index is 0.249. The maximum Gasteiger partial charge on any atom is 0.224 e. The van der Waals surface area contributed by atoms with Gasteiger partial charge >= 0.3 is 0 Å². The first-order chi connectivity index (χ1) is 11.7. The number of fused-ring (bicyclic) bond motifs is 3. The zero-order valence-corrected chi connectivity index (χ0v) is 16.0. The number of aromatic nitrogens is 4. The van der Waals surface area contributed by atoms with Gasteiger partial charge in [-0.15, -0.1) is 0 Å². The summed E-state index contributed by atoms with van der Waals surface area (Å²) in [6.45, 7) is 7.13. The predicted octanol–water partition coefficient (Wildman–Crippen LogP) is 4.17. The maximum absolute atomic E-state index is 6.14. The van der Waals surface area contributed by atoms with E-state index in [9.17, 15) is 0 Å². The summed E-state index contributed by atoms with van der Waals surface area (Å²) >= 11 is 9.70. The summed E-state index contributed by atoms with van der Waals surface area (Å²) in [5, 5.41) is 9.41. The van der Waals surface area contributed by atoms with Crippen molar-refractivity contribution < 1.29 is 4.74 Å². The molecule has 1 aliphatic rings. The van der Waals surface area contributed by atoms with E-state index >= 15 is 0 Å². The van der Waals surface area contributed by atoms with Gasteiger partial charge in [0.15, 0.2) is 0 Å². The molecule has 0 spiro atoms. The number of H-pyrrole nitrogens is 1. The average molecular weight is 413 g/mol. The van der Waals surface area contributed by atoms with Crippen LogP contribution in [0.2, 0.25) is 5.28 Å². The Kier molecular flexibility index (Phi) is 5.53. The highest BCUT2D eigenvalue weighted by Gasteiger charge is 2.19. The zero-order chi connectivity index (χ0) is 17.1. The van der Waals surface area contributed by atoms with Crippen molar-refractivity contribution in [2.45, 2.75) is 20.3 Å². The average Bonchev–Trinajstić information content (AvgIpc) is 2.92. The molecule has 4 rings (SSSR count). The summed E-state index contributed by atoms with van der Waals surface area (Å²) in [4.78, 5) is 11.1. The summed E-state index contributed by atoms with van der Waals surface area (Å²) in [7, 11) is 0. The van der Waals surface area contributed by atoms with E-state index in [4.69, 9.17) is 16.3 Å². The fraction of sp³-hybridized carbons (Fsp3) is 0.438. The summed E-state index contributed by atoms with van der Waals surface area (Å²) < 4.78 is 6.47. The van der Waals surface area contributed by atoms with Crippen molar-refractivity contribution in [3.63, 3.8) is 0 Å². The third-order valence-electron chi connectivity index (χ3n) is 3.82. The highest BCUT2D eigenvalue weighted by atomic mass is 79.9. The van der Waals surface area contributed by atoms with E-state index in [1.807, 2.05) is 19.9 Å². The minimum Gasteiger partial charge on any atom is -0.380 e. The monoisotopic (exact) mass is 411 g/mol. The third-order valence-corrected chi connectivity index (χ3v) is 4.65. The lowest BCUT2D eigenvalue weighted by Crippen LogP contribution is -2.27. The molecule has 3 heterocycles. The van der Waals surface area contributed by atoms with Gasteiger partial charge in [0.2, 0.25) is 5.28 Å². The van der Waals surface area contributed by atoms with Crippen LogP contribution < -0.4 is 4.90 Å². The van der Waals surface area contributed by atoms with Crippen molar-refractivity contribution >= 4 is 55.2 Å². The number of nitrogens with one attached hydrogen (secondary N) is 1.